The minimum Gasteiger partial charge on any atom is -0.384 e. The third-order valence-corrected chi connectivity index (χ3v) is 4.05. The van der Waals surface area contributed by atoms with E-state index < -0.39 is 6.10 Å². The van der Waals surface area contributed by atoms with Crippen molar-refractivity contribution in [2.24, 2.45) is 0 Å². The van der Waals surface area contributed by atoms with Crippen molar-refractivity contribution in [2.75, 3.05) is 26.2 Å². The Morgan fingerprint density at radius 1 is 1.09 bits per heavy atom. The number of hydrogen-bond acceptors (Lipinski definition) is 3. The molecule has 120 valence electrons. The van der Waals surface area contributed by atoms with Gasteiger partial charge in [-0.1, -0.05) is 29.8 Å². The summed E-state index contributed by atoms with van der Waals surface area (Å²) in [7, 11) is 0. The largest absolute Gasteiger partial charge is 0.384 e. The molecule has 1 aliphatic heterocycles. The molecule has 1 aliphatic rings. The lowest BCUT2D eigenvalue weighted by Gasteiger charge is -2.35. The summed E-state index contributed by atoms with van der Waals surface area (Å²) in [6, 6.07) is 8.23. The van der Waals surface area contributed by atoms with Crippen molar-refractivity contribution < 1.29 is 14.7 Å². The Morgan fingerprint density at radius 3 is 2.18 bits per heavy atom. The van der Waals surface area contributed by atoms with Crippen LogP contribution in [0, 0.1) is 6.92 Å². The van der Waals surface area contributed by atoms with Crippen LogP contribution < -0.4 is 0 Å². The van der Waals surface area contributed by atoms with Gasteiger partial charge >= 0.3 is 0 Å². The van der Waals surface area contributed by atoms with Gasteiger partial charge in [-0.15, -0.1) is 0 Å². The molecule has 1 N–H and O–H groups in total. The molecule has 1 unspecified atom stereocenters. The number of piperazine rings is 1. The minimum atomic E-state index is -0.969. The minimum absolute atomic E-state index is 0.129. The maximum Gasteiger partial charge on any atom is 0.251 e. The molecule has 5 nitrogen and oxygen atoms in total. The van der Waals surface area contributed by atoms with E-state index in [4.69, 9.17) is 0 Å². The van der Waals surface area contributed by atoms with Crippen molar-refractivity contribution in [3.8, 4) is 0 Å². The van der Waals surface area contributed by atoms with Crippen LogP contribution >= 0.6 is 0 Å². The predicted octanol–water partition coefficient (Wildman–Crippen LogP) is 0.979. The van der Waals surface area contributed by atoms with Gasteiger partial charge in [-0.25, -0.2) is 0 Å². The van der Waals surface area contributed by atoms with Gasteiger partial charge in [-0.3, -0.25) is 9.59 Å². The maximum atomic E-state index is 12.2. The lowest BCUT2D eigenvalue weighted by atomic mass is 10.1. The summed E-state index contributed by atoms with van der Waals surface area (Å²) >= 11 is 0. The second kappa shape index (κ2) is 7.40. The number of carbonyl (C=O) groups excluding carboxylic acids is 2. The number of amides is 2. The van der Waals surface area contributed by atoms with Crippen molar-refractivity contribution in [2.45, 2.75) is 32.8 Å². The zero-order valence-corrected chi connectivity index (χ0v) is 13.3. The zero-order chi connectivity index (χ0) is 16.1. The Labute approximate surface area is 131 Å². The number of nitrogens with zero attached hydrogens (tertiary/aromatic N) is 2. The third kappa shape index (κ3) is 4.31. The molecule has 2 rings (SSSR count). The van der Waals surface area contributed by atoms with Crippen LogP contribution in [0.2, 0.25) is 0 Å². The van der Waals surface area contributed by atoms with Gasteiger partial charge in [-0.05, 0) is 25.8 Å². The molecule has 0 spiro atoms. The van der Waals surface area contributed by atoms with Crippen LogP contribution in [0.3, 0.4) is 0 Å². The summed E-state index contributed by atoms with van der Waals surface area (Å²) in [5.41, 5.74) is 2.39. The van der Waals surface area contributed by atoms with Crippen molar-refractivity contribution in [3.63, 3.8) is 0 Å². The van der Waals surface area contributed by atoms with Crippen LogP contribution in [0.15, 0.2) is 24.3 Å². The summed E-state index contributed by atoms with van der Waals surface area (Å²) in [5.74, 6) is -0.128. The standard InChI is InChI=1S/C17H24N2O3/c1-13-3-5-15(6-4-13)7-8-16(21)18-9-11-19(12-10-18)17(22)14(2)20/h3-6,14,20H,7-12H2,1-2H3. The molecule has 0 aliphatic carbocycles. The topological polar surface area (TPSA) is 60.9 Å². The highest BCUT2D eigenvalue weighted by Crippen LogP contribution is 2.10. The van der Waals surface area contributed by atoms with Crippen molar-refractivity contribution >= 4 is 11.8 Å². The molecule has 22 heavy (non-hydrogen) atoms. The number of carbonyl (C=O) groups is 2. The Kier molecular flexibility index (Phi) is 5.55. The van der Waals surface area contributed by atoms with Crippen LogP contribution in [0.25, 0.3) is 0 Å². The van der Waals surface area contributed by atoms with E-state index in [0.717, 1.165) is 6.42 Å². The van der Waals surface area contributed by atoms with Crippen LogP contribution in [-0.2, 0) is 16.0 Å². The van der Waals surface area contributed by atoms with Crippen LogP contribution in [0.5, 0.6) is 0 Å². The number of aliphatic hydroxyl groups is 1. The SMILES string of the molecule is Cc1ccc(CCC(=O)N2CCN(C(=O)C(C)O)CC2)cc1. The molecule has 1 aromatic carbocycles. The monoisotopic (exact) mass is 304 g/mol. The number of benzene rings is 1. The van der Waals surface area contributed by atoms with E-state index in [-0.39, 0.29) is 11.8 Å². The molecule has 0 aromatic heterocycles. The Bertz CT molecular complexity index is 517. The van der Waals surface area contributed by atoms with Crippen molar-refractivity contribution in [1.82, 2.24) is 9.80 Å². The van der Waals surface area contributed by atoms with Gasteiger partial charge in [-0.2, -0.15) is 0 Å². The van der Waals surface area contributed by atoms with Crippen LogP contribution in [-0.4, -0.2) is 59.0 Å². The van der Waals surface area contributed by atoms with Gasteiger partial charge in [0, 0.05) is 32.6 Å². The average Bonchev–Trinajstić information content (AvgIpc) is 2.53. The second-order valence-corrected chi connectivity index (χ2v) is 5.87. The van der Waals surface area contributed by atoms with Crippen LogP contribution in [0.4, 0.5) is 0 Å². The summed E-state index contributed by atoms with van der Waals surface area (Å²) in [5, 5.41) is 9.31. The Morgan fingerprint density at radius 2 is 1.64 bits per heavy atom. The predicted molar refractivity (Wildman–Crippen MR) is 84.3 cm³/mol. The van der Waals surface area contributed by atoms with Crippen molar-refractivity contribution in [1.29, 1.82) is 0 Å². The first kappa shape index (κ1) is 16.5. The third-order valence-electron chi connectivity index (χ3n) is 4.05. The first-order valence-electron chi connectivity index (χ1n) is 7.77. The van der Waals surface area contributed by atoms with Crippen molar-refractivity contribution in [3.05, 3.63) is 35.4 Å². The molecular weight excluding hydrogens is 280 g/mol. The van der Waals surface area contributed by atoms with Gasteiger partial charge in [0.25, 0.3) is 5.91 Å². The van der Waals surface area contributed by atoms with Gasteiger partial charge < -0.3 is 14.9 Å². The lowest BCUT2D eigenvalue weighted by molar-refractivity contribution is -0.144. The van der Waals surface area contributed by atoms with E-state index in [1.54, 1.807) is 9.80 Å². The molecular formula is C17H24N2O3. The normalized spacial score (nSPS) is 16.5. The number of hydrogen-bond donors (Lipinski definition) is 1. The molecule has 0 bridgehead atoms. The smallest absolute Gasteiger partial charge is 0.251 e. The van der Waals surface area contributed by atoms with E-state index >= 15 is 0 Å². The van der Waals surface area contributed by atoms with Gasteiger partial charge in [0.15, 0.2) is 0 Å². The molecule has 2 amide bonds. The van der Waals surface area contributed by atoms with Crippen LogP contribution in [0.1, 0.15) is 24.5 Å². The first-order chi connectivity index (χ1) is 10.5. The molecule has 1 fully saturated rings. The molecule has 1 atom stereocenters. The second-order valence-electron chi connectivity index (χ2n) is 5.87. The van der Waals surface area contributed by atoms with E-state index in [1.165, 1.54) is 18.1 Å². The first-order valence-corrected chi connectivity index (χ1v) is 7.77. The highest BCUT2D eigenvalue weighted by Gasteiger charge is 2.25. The molecule has 0 radical (unpaired) electrons. The zero-order valence-electron chi connectivity index (χ0n) is 13.3. The summed E-state index contributed by atoms with van der Waals surface area (Å²) in [6.07, 6.45) is 0.267. The van der Waals surface area contributed by atoms with E-state index in [1.807, 2.05) is 6.92 Å². The number of aryl methyl sites for hydroxylation is 2. The van der Waals surface area contributed by atoms with Gasteiger partial charge in [0.2, 0.25) is 5.91 Å². The highest BCUT2D eigenvalue weighted by molar-refractivity contribution is 5.81. The number of aliphatic hydroxyl groups excluding tert-OH is 1. The van der Waals surface area contributed by atoms with E-state index in [0.29, 0.717) is 32.6 Å². The highest BCUT2D eigenvalue weighted by atomic mass is 16.3. The van der Waals surface area contributed by atoms with E-state index in [9.17, 15) is 14.7 Å². The molecule has 1 aromatic rings. The summed E-state index contributed by atoms with van der Waals surface area (Å²) < 4.78 is 0. The molecule has 1 heterocycles. The Balaban J connectivity index is 1.77. The molecule has 5 heteroatoms. The summed E-state index contributed by atoms with van der Waals surface area (Å²) in [4.78, 5) is 27.3. The fourth-order valence-electron chi connectivity index (χ4n) is 2.60. The average molecular weight is 304 g/mol. The van der Waals surface area contributed by atoms with Gasteiger partial charge in [0.1, 0.15) is 6.10 Å². The quantitative estimate of drug-likeness (QED) is 0.902. The Hall–Kier alpha value is -1.88. The van der Waals surface area contributed by atoms with E-state index in [2.05, 4.69) is 24.3 Å². The molecule has 0 saturated carbocycles. The number of rotatable bonds is 4. The maximum absolute atomic E-state index is 12.2. The van der Waals surface area contributed by atoms with Gasteiger partial charge in [0.05, 0.1) is 0 Å². The fraction of sp³-hybridized carbons (Fsp3) is 0.529. The lowest BCUT2D eigenvalue weighted by Crippen LogP contribution is -2.52. The fourth-order valence-corrected chi connectivity index (χ4v) is 2.60. The summed E-state index contributed by atoms with van der Waals surface area (Å²) in [6.45, 7) is 5.61. The molecule has 1 saturated heterocycles.